The number of rotatable bonds is 4. The van der Waals surface area contributed by atoms with Gasteiger partial charge in [0, 0.05) is 31.2 Å². The number of hydrogen-bond donors (Lipinski definition) is 2. The number of nitrogens with zero attached hydrogens (tertiary/aromatic N) is 2. The molecule has 1 atom stereocenters. The SMILES string of the molecule is O=C(Nc1ccccc1)N1CCCC(F)(C(=O)NCc2ccncc2)C1. The lowest BCUT2D eigenvalue weighted by Crippen LogP contribution is -2.56. The Morgan fingerprint density at radius 3 is 2.62 bits per heavy atom. The van der Waals surface area contributed by atoms with Crippen molar-refractivity contribution in [3.63, 3.8) is 0 Å². The maximum absolute atomic E-state index is 15.2. The second-order valence-corrected chi connectivity index (χ2v) is 6.32. The molecule has 7 heteroatoms. The molecule has 6 nitrogen and oxygen atoms in total. The molecule has 0 saturated carbocycles. The third-order valence-electron chi connectivity index (χ3n) is 4.36. The minimum atomic E-state index is -2.08. The molecule has 26 heavy (non-hydrogen) atoms. The molecule has 0 spiro atoms. The van der Waals surface area contributed by atoms with Gasteiger partial charge in [-0.05, 0) is 42.7 Å². The number of carbonyl (C=O) groups is 2. The molecular formula is C19H21FN4O2. The fourth-order valence-corrected chi connectivity index (χ4v) is 2.93. The summed E-state index contributed by atoms with van der Waals surface area (Å²) in [5.74, 6) is -0.688. The summed E-state index contributed by atoms with van der Waals surface area (Å²) in [5.41, 5.74) is -0.611. The molecule has 0 radical (unpaired) electrons. The van der Waals surface area contributed by atoms with Gasteiger partial charge in [0.15, 0.2) is 0 Å². The molecule has 1 aliphatic rings. The van der Waals surface area contributed by atoms with Gasteiger partial charge in [0.05, 0.1) is 6.54 Å². The van der Waals surface area contributed by atoms with E-state index in [4.69, 9.17) is 0 Å². The molecule has 2 N–H and O–H groups in total. The summed E-state index contributed by atoms with van der Waals surface area (Å²) in [6.07, 6.45) is 3.76. The van der Waals surface area contributed by atoms with Gasteiger partial charge in [-0.1, -0.05) is 18.2 Å². The number of pyridine rings is 1. The highest BCUT2D eigenvalue weighted by atomic mass is 19.1. The zero-order valence-corrected chi connectivity index (χ0v) is 14.3. The van der Waals surface area contributed by atoms with E-state index in [9.17, 15) is 9.59 Å². The number of alkyl halides is 1. The van der Waals surface area contributed by atoms with E-state index >= 15 is 4.39 Å². The predicted molar refractivity (Wildman–Crippen MR) is 96.2 cm³/mol. The molecule has 1 fully saturated rings. The Balaban J connectivity index is 1.58. The molecule has 1 aliphatic heterocycles. The van der Waals surface area contributed by atoms with Crippen LogP contribution in [0.2, 0.25) is 0 Å². The van der Waals surface area contributed by atoms with Crippen molar-refractivity contribution in [3.8, 4) is 0 Å². The number of benzene rings is 1. The van der Waals surface area contributed by atoms with Gasteiger partial charge in [0.2, 0.25) is 5.67 Å². The van der Waals surface area contributed by atoms with Crippen LogP contribution in [0.15, 0.2) is 54.9 Å². The molecule has 3 amide bonds. The van der Waals surface area contributed by atoms with Crippen molar-refractivity contribution < 1.29 is 14.0 Å². The van der Waals surface area contributed by atoms with Gasteiger partial charge in [0.1, 0.15) is 0 Å². The van der Waals surface area contributed by atoms with Crippen LogP contribution in [0.1, 0.15) is 18.4 Å². The zero-order valence-electron chi connectivity index (χ0n) is 14.3. The van der Waals surface area contributed by atoms with Gasteiger partial charge in [-0.15, -0.1) is 0 Å². The zero-order chi connectivity index (χ0) is 18.4. The van der Waals surface area contributed by atoms with Crippen LogP contribution in [-0.4, -0.2) is 40.6 Å². The van der Waals surface area contributed by atoms with E-state index in [-0.39, 0.29) is 19.5 Å². The minimum Gasteiger partial charge on any atom is -0.349 e. The molecule has 2 aromatic rings. The van der Waals surface area contributed by atoms with Crippen LogP contribution in [0, 0.1) is 0 Å². The Labute approximate surface area is 151 Å². The molecule has 0 aliphatic carbocycles. The van der Waals surface area contributed by atoms with E-state index in [1.165, 1.54) is 4.90 Å². The van der Waals surface area contributed by atoms with Crippen molar-refractivity contribution in [3.05, 3.63) is 60.4 Å². The second kappa shape index (κ2) is 7.95. The van der Waals surface area contributed by atoms with Crippen LogP contribution < -0.4 is 10.6 Å². The number of anilines is 1. The first kappa shape index (κ1) is 17.8. The lowest BCUT2D eigenvalue weighted by atomic mass is 9.93. The van der Waals surface area contributed by atoms with Crippen molar-refractivity contribution in [2.24, 2.45) is 0 Å². The maximum atomic E-state index is 15.2. The fourth-order valence-electron chi connectivity index (χ4n) is 2.93. The summed E-state index contributed by atoms with van der Waals surface area (Å²) in [7, 11) is 0. The van der Waals surface area contributed by atoms with Crippen LogP contribution in [0.5, 0.6) is 0 Å². The monoisotopic (exact) mass is 356 g/mol. The molecule has 2 heterocycles. The van der Waals surface area contributed by atoms with Gasteiger partial charge in [-0.25, -0.2) is 9.18 Å². The number of para-hydroxylation sites is 1. The number of amides is 3. The van der Waals surface area contributed by atoms with E-state index in [0.29, 0.717) is 18.7 Å². The summed E-state index contributed by atoms with van der Waals surface area (Å²) in [6, 6.07) is 12.1. The van der Waals surface area contributed by atoms with Gasteiger partial charge in [0.25, 0.3) is 5.91 Å². The number of halogens is 1. The van der Waals surface area contributed by atoms with Crippen LogP contribution >= 0.6 is 0 Å². The molecule has 1 unspecified atom stereocenters. The van der Waals surface area contributed by atoms with Crippen LogP contribution in [0.25, 0.3) is 0 Å². The van der Waals surface area contributed by atoms with E-state index in [0.717, 1.165) is 5.56 Å². The highest BCUT2D eigenvalue weighted by Crippen LogP contribution is 2.26. The quantitative estimate of drug-likeness (QED) is 0.885. The number of hydrogen-bond acceptors (Lipinski definition) is 3. The number of carbonyl (C=O) groups excluding carboxylic acids is 2. The number of piperidine rings is 1. The topological polar surface area (TPSA) is 74.3 Å². The smallest absolute Gasteiger partial charge is 0.321 e. The van der Waals surface area contributed by atoms with Crippen molar-refractivity contribution in [2.75, 3.05) is 18.4 Å². The van der Waals surface area contributed by atoms with Crippen LogP contribution in [0.4, 0.5) is 14.9 Å². The number of likely N-dealkylation sites (tertiary alicyclic amines) is 1. The first-order chi connectivity index (χ1) is 12.6. The van der Waals surface area contributed by atoms with E-state index in [1.54, 1.807) is 48.8 Å². The fraction of sp³-hybridized carbons (Fsp3) is 0.316. The summed E-state index contributed by atoms with van der Waals surface area (Å²) >= 11 is 0. The summed E-state index contributed by atoms with van der Waals surface area (Å²) in [4.78, 5) is 30.0. The van der Waals surface area contributed by atoms with E-state index in [1.807, 2.05) is 6.07 Å². The van der Waals surface area contributed by atoms with Crippen LogP contribution in [0.3, 0.4) is 0 Å². The molecule has 1 saturated heterocycles. The maximum Gasteiger partial charge on any atom is 0.321 e. The highest BCUT2D eigenvalue weighted by Gasteiger charge is 2.43. The lowest BCUT2D eigenvalue weighted by molar-refractivity contribution is -0.135. The van der Waals surface area contributed by atoms with Crippen molar-refractivity contribution in [1.29, 1.82) is 0 Å². The minimum absolute atomic E-state index is 0.101. The van der Waals surface area contributed by atoms with Gasteiger partial charge < -0.3 is 15.5 Å². The Morgan fingerprint density at radius 2 is 1.88 bits per heavy atom. The van der Waals surface area contributed by atoms with Gasteiger partial charge >= 0.3 is 6.03 Å². The lowest BCUT2D eigenvalue weighted by Gasteiger charge is -2.36. The first-order valence-electron chi connectivity index (χ1n) is 8.54. The van der Waals surface area contributed by atoms with E-state index < -0.39 is 17.6 Å². The van der Waals surface area contributed by atoms with Gasteiger partial charge in [-0.3, -0.25) is 9.78 Å². The number of nitrogens with one attached hydrogen (secondary N) is 2. The summed E-state index contributed by atoms with van der Waals surface area (Å²) in [6.45, 7) is 0.388. The van der Waals surface area contributed by atoms with Crippen molar-refractivity contribution >= 4 is 17.6 Å². The van der Waals surface area contributed by atoms with Crippen molar-refractivity contribution in [2.45, 2.75) is 25.1 Å². The average molecular weight is 356 g/mol. The summed E-state index contributed by atoms with van der Waals surface area (Å²) in [5, 5.41) is 5.35. The Hall–Kier alpha value is -2.96. The Bertz CT molecular complexity index is 757. The first-order valence-corrected chi connectivity index (χ1v) is 8.54. The normalized spacial score (nSPS) is 19.7. The molecular weight excluding hydrogens is 335 g/mol. The molecule has 1 aromatic carbocycles. The molecule has 136 valence electrons. The van der Waals surface area contributed by atoms with Crippen LogP contribution in [-0.2, 0) is 11.3 Å². The van der Waals surface area contributed by atoms with Gasteiger partial charge in [-0.2, -0.15) is 0 Å². The average Bonchev–Trinajstić information content (AvgIpc) is 2.67. The molecule has 0 bridgehead atoms. The van der Waals surface area contributed by atoms with E-state index in [2.05, 4.69) is 15.6 Å². The third kappa shape index (κ3) is 4.36. The third-order valence-corrected chi connectivity index (χ3v) is 4.36. The number of aromatic nitrogens is 1. The Morgan fingerprint density at radius 1 is 1.15 bits per heavy atom. The van der Waals surface area contributed by atoms with Crippen molar-refractivity contribution in [1.82, 2.24) is 15.2 Å². The standard InChI is InChI=1S/C19H21FN4O2/c20-19(17(25)22-13-15-7-10-21-11-8-15)9-4-12-24(14-19)18(26)23-16-5-2-1-3-6-16/h1-3,5-8,10-11H,4,9,12-14H2,(H,22,25)(H,23,26). The highest BCUT2D eigenvalue weighted by molar-refractivity contribution is 5.91. The second-order valence-electron chi connectivity index (χ2n) is 6.32. The summed E-state index contributed by atoms with van der Waals surface area (Å²) < 4.78 is 15.2. The Kier molecular flexibility index (Phi) is 5.46. The number of urea groups is 1. The molecule has 3 rings (SSSR count). The molecule has 1 aromatic heterocycles. The predicted octanol–water partition coefficient (Wildman–Crippen LogP) is 2.73. The largest absolute Gasteiger partial charge is 0.349 e.